The van der Waals surface area contributed by atoms with E-state index in [1.165, 1.54) is 25.7 Å². The quantitative estimate of drug-likeness (QED) is 0.449. The fourth-order valence-electron chi connectivity index (χ4n) is 9.34. The van der Waals surface area contributed by atoms with Gasteiger partial charge in [-0.05, 0) is 98.2 Å². The molecule has 3 nitrogen and oxygen atoms in total. The van der Waals surface area contributed by atoms with E-state index in [2.05, 4.69) is 46.8 Å². The highest BCUT2D eigenvalue weighted by Crippen LogP contribution is 2.73. The van der Waals surface area contributed by atoms with Crippen molar-refractivity contribution >= 4 is 5.78 Å². The number of hydrogen-bond acceptors (Lipinski definition) is 3. The number of rotatable bonds is 6. The second-order valence-corrected chi connectivity index (χ2v) is 13.3. The van der Waals surface area contributed by atoms with E-state index in [9.17, 15) is 15.0 Å². The molecule has 0 aromatic carbocycles. The molecule has 0 bridgehead atoms. The molecule has 4 aliphatic rings. The van der Waals surface area contributed by atoms with Gasteiger partial charge in [-0.25, -0.2) is 0 Å². The highest BCUT2D eigenvalue weighted by atomic mass is 16.3. The zero-order valence-corrected chi connectivity index (χ0v) is 22.0. The van der Waals surface area contributed by atoms with Crippen molar-refractivity contribution in [2.45, 2.75) is 99.3 Å². The molecule has 7 atom stereocenters. The fourth-order valence-corrected chi connectivity index (χ4v) is 9.34. The Kier molecular flexibility index (Phi) is 6.58. The first kappa shape index (κ1) is 25.2. The number of allylic oxidation sites excluding steroid dienone is 3. The van der Waals surface area contributed by atoms with Crippen LogP contribution >= 0.6 is 0 Å². The van der Waals surface area contributed by atoms with Gasteiger partial charge in [0.15, 0.2) is 0 Å². The number of ketones is 1. The maximum absolute atomic E-state index is 12.8. The summed E-state index contributed by atoms with van der Waals surface area (Å²) >= 11 is 0. The van der Waals surface area contributed by atoms with Crippen molar-refractivity contribution in [3.05, 3.63) is 23.3 Å². The Morgan fingerprint density at radius 3 is 2.52 bits per heavy atom. The van der Waals surface area contributed by atoms with Gasteiger partial charge in [-0.2, -0.15) is 0 Å². The molecule has 33 heavy (non-hydrogen) atoms. The maximum Gasteiger partial charge on any atom is 0.138 e. The molecule has 0 spiro atoms. The lowest BCUT2D eigenvalue weighted by Crippen LogP contribution is -2.57. The van der Waals surface area contributed by atoms with Gasteiger partial charge in [0.2, 0.25) is 0 Å². The third-order valence-corrected chi connectivity index (χ3v) is 11.7. The van der Waals surface area contributed by atoms with Crippen LogP contribution in [0.1, 0.15) is 99.3 Å². The van der Waals surface area contributed by atoms with Crippen LogP contribution in [-0.4, -0.2) is 29.2 Å². The number of aliphatic hydroxyl groups excluding tert-OH is 2. The summed E-state index contributed by atoms with van der Waals surface area (Å²) in [6.07, 6.45) is 14.4. The van der Waals surface area contributed by atoms with Gasteiger partial charge >= 0.3 is 0 Å². The molecule has 2 N–H and O–H groups in total. The van der Waals surface area contributed by atoms with E-state index in [4.69, 9.17) is 0 Å². The topological polar surface area (TPSA) is 57.5 Å². The predicted octanol–water partition coefficient (Wildman–Crippen LogP) is 6.49. The summed E-state index contributed by atoms with van der Waals surface area (Å²) in [6.45, 7) is 14.4. The Labute approximate surface area is 202 Å². The summed E-state index contributed by atoms with van der Waals surface area (Å²) in [6, 6.07) is 0. The van der Waals surface area contributed by atoms with Gasteiger partial charge in [-0.15, -0.1) is 0 Å². The first-order valence-electron chi connectivity index (χ1n) is 13.6. The van der Waals surface area contributed by atoms with Gasteiger partial charge in [-0.3, -0.25) is 4.79 Å². The number of carbonyl (C=O) groups is 1. The Morgan fingerprint density at radius 2 is 1.85 bits per heavy atom. The molecule has 0 aromatic heterocycles. The molecule has 0 saturated heterocycles. The summed E-state index contributed by atoms with van der Waals surface area (Å²) in [5.74, 6) is 2.40. The largest absolute Gasteiger partial charge is 0.396 e. The van der Waals surface area contributed by atoms with Crippen molar-refractivity contribution < 1.29 is 15.0 Å². The highest BCUT2D eigenvalue weighted by Gasteiger charge is 2.65. The van der Waals surface area contributed by atoms with Gasteiger partial charge in [0.25, 0.3) is 0 Å². The summed E-state index contributed by atoms with van der Waals surface area (Å²) < 4.78 is 0. The van der Waals surface area contributed by atoms with E-state index in [0.717, 1.165) is 37.7 Å². The van der Waals surface area contributed by atoms with E-state index in [1.54, 1.807) is 5.57 Å². The first-order valence-corrected chi connectivity index (χ1v) is 13.6. The monoisotopic (exact) mass is 456 g/mol. The molecular weight excluding hydrogens is 408 g/mol. The average molecular weight is 457 g/mol. The van der Waals surface area contributed by atoms with Crippen LogP contribution in [0.3, 0.4) is 0 Å². The third kappa shape index (κ3) is 3.63. The van der Waals surface area contributed by atoms with E-state index >= 15 is 0 Å². The minimum absolute atomic E-state index is 0.126. The predicted molar refractivity (Wildman–Crippen MR) is 135 cm³/mol. The standard InChI is InChI=1S/C30H48O3/c1-20(18-31)8-7-9-21(19-32)22-12-16-30(6)24-10-11-25-27(2,3)26(33)14-15-28(25,4)23(24)13-17-29(22,30)5/h8,10,21-23,25,31-32H,7,9,11-19H2,1-6H3/b20-8+/t21-,22+,23+,25+,28-,29+,30-/m1/s1. The normalized spacial score (nSPS) is 43.4. The molecule has 0 heterocycles. The molecule has 4 rings (SSSR count). The van der Waals surface area contributed by atoms with Gasteiger partial charge < -0.3 is 10.2 Å². The summed E-state index contributed by atoms with van der Waals surface area (Å²) in [4.78, 5) is 12.8. The van der Waals surface area contributed by atoms with Crippen molar-refractivity contribution in [1.29, 1.82) is 0 Å². The van der Waals surface area contributed by atoms with E-state index < -0.39 is 0 Å². The van der Waals surface area contributed by atoms with Crippen molar-refractivity contribution in [2.24, 2.45) is 45.3 Å². The summed E-state index contributed by atoms with van der Waals surface area (Å²) in [5, 5.41) is 19.7. The molecule has 186 valence electrons. The number of fused-ring (bicyclic) bond motifs is 5. The average Bonchev–Trinajstić information content (AvgIpc) is 3.05. The maximum atomic E-state index is 12.8. The lowest BCUT2D eigenvalue weighted by molar-refractivity contribution is -0.146. The Balaban J connectivity index is 1.62. The van der Waals surface area contributed by atoms with Crippen molar-refractivity contribution in [1.82, 2.24) is 0 Å². The number of carbonyl (C=O) groups excluding carboxylic acids is 1. The number of hydrogen-bond donors (Lipinski definition) is 2. The number of Topliss-reactive ketones (excluding diaryl/α,β-unsaturated/α-hetero) is 1. The van der Waals surface area contributed by atoms with Gasteiger partial charge in [0, 0.05) is 18.4 Å². The Hall–Kier alpha value is -0.930. The molecular formula is C30H48O3. The third-order valence-electron chi connectivity index (χ3n) is 11.7. The molecule has 3 heteroatoms. The zero-order chi connectivity index (χ0) is 24.2. The molecule has 0 radical (unpaired) electrons. The van der Waals surface area contributed by atoms with E-state index in [-0.39, 0.29) is 34.9 Å². The van der Waals surface area contributed by atoms with Crippen LogP contribution in [0, 0.1) is 45.3 Å². The van der Waals surface area contributed by atoms with E-state index in [0.29, 0.717) is 29.5 Å². The van der Waals surface area contributed by atoms with Gasteiger partial charge in [0.1, 0.15) is 5.78 Å². The molecule has 0 unspecified atom stereocenters. The Morgan fingerprint density at radius 1 is 1.12 bits per heavy atom. The fraction of sp³-hybridized carbons (Fsp3) is 0.833. The van der Waals surface area contributed by atoms with Crippen LogP contribution in [0.4, 0.5) is 0 Å². The highest BCUT2D eigenvalue weighted by molar-refractivity contribution is 5.85. The minimum Gasteiger partial charge on any atom is -0.396 e. The van der Waals surface area contributed by atoms with Crippen LogP contribution in [0.2, 0.25) is 0 Å². The smallest absolute Gasteiger partial charge is 0.138 e. The van der Waals surface area contributed by atoms with Gasteiger partial charge in [0.05, 0.1) is 6.61 Å². The lowest BCUT2D eigenvalue weighted by atomic mass is 9.41. The van der Waals surface area contributed by atoms with Gasteiger partial charge in [-0.1, -0.05) is 57.9 Å². The molecule has 3 fully saturated rings. The van der Waals surface area contributed by atoms with Crippen LogP contribution < -0.4 is 0 Å². The number of aliphatic hydroxyl groups is 2. The SMILES string of the molecule is C/C(=C\CC[C@H](CO)[C@@H]1CC[C@]2(C)C3=CC[C@H]4C(C)(C)C(=O)CC[C@]4(C)[C@H]3CC[C@@]12C)CO. The molecule has 0 aliphatic heterocycles. The second-order valence-electron chi connectivity index (χ2n) is 13.3. The first-order chi connectivity index (χ1) is 15.5. The van der Waals surface area contributed by atoms with Crippen LogP contribution in [-0.2, 0) is 4.79 Å². The van der Waals surface area contributed by atoms with Crippen LogP contribution in [0.25, 0.3) is 0 Å². The minimum atomic E-state index is -0.211. The van der Waals surface area contributed by atoms with Crippen LogP contribution in [0.5, 0.6) is 0 Å². The van der Waals surface area contributed by atoms with E-state index in [1.807, 2.05) is 6.92 Å². The molecule has 3 saturated carbocycles. The molecule has 0 amide bonds. The Bertz CT molecular complexity index is 837. The van der Waals surface area contributed by atoms with Crippen molar-refractivity contribution in [3.8, 4) is 0 Å². The second kappa shape index (κ2) is 8.63. The molecule has 0 aromatic rings. The summed E-state index contributed by atoms with van der Waals surface area (Å²) in [5.41, 5.74) is 3.17. The summed E-state index contributed by atoms with van der Waals surface area (Å²) in [7, 11) is 0. The van der Waals surface area contributed by atoms with Crippen molar-refractivity contribution in [2.75, 3.05) is 13.2 Å². The zero-order valence-electron chi connectivity index (χ0n) is 22.0. The van der Waals surface area contributed by atoms with Crippen LogP contribution in [0.15, 0.2) is 23.3 Å². The molecule has 4 aliphatic carbocycles. The van der Waals surface area contributed by atoms with Crippen molar-refractivity contribution in [3.63, 3.8) is 0 Å². The lowest BCUT2D eigenvalue weighted by Gasteiger charge is -2.63.